The quantitative estimate of drug-likeness (QED) is 0.128. The van der Waals surface area contributed by atoms with Crippen LogP contribution < -0.4 is 9.80 Å². The highest BCUT2D eigenvalue weighted by Gasteiger charge is 2.37. The van der Waals surface area contributed by atoms with E-state index in [2.05, 4.69) is 346 Å². The summed E-state index contributed by atoms with van der Waals surface area (Å²) in [5.41, 5.74) is 28.1. The number of aryl methyl sites for hydroxylation is 4. The van der Waals surface area contributed by atoms with Crippen LogP contribution in [0.15, 0.2) is 362 Å². The van der Waals surface area contributed by atoms with Gasteiger partial charge in [-0.15, -0.1) is 0 Å². The molecule has 0 radical (unpaired) electrons. The maximum absolute atomic E-state index is 18.0. The molecule has 1 aliphatic carbocycles. The first kappa shape index (κ1) is 68.0. The molecule has 0 spiro atoms. The second-order valence-corrected chi connectivity index (χ2v) is 32.4. The fraction of sp³-hybridized carbons (Fsp3) is 0.0631. The standard InChI is InChI=1S/C60H39FN2O.C51H38N2/c1-36-33-53(47-31-30-43-37(2)58-57(48-32-29-42(36)55(47)56(43)48)46-24-12-14-26-51(46)62(58)41-21-10-5-11-22-41)63(52-27-16-25-45-44-23-13-15-28-54(44)64-60(45)52)59-49(39-19-8-4-9-20-39)34-40(35-50(59)61)38-17-6-3-7-18-38;1-31-29-46(52(33-15-7-5-8-16-33)35-23-24-39-38-19-11-13-21-43(38)51(3,4)44(39)30-35)41-27-26-37-32(2)50-49(42-28-25-36(31)47(41)48(37)42)40-20-12-14-22-45(40)53(50)34-17-9-6-10-18-34/h3-35H,1-2H3;5-30H,1-4H3. The highest BCUT2D eigenvalue weighted by molar-refractivity contribution is 6.38. The summed E-state index contributed by atoms with van der Waals surface area (Å²) >= 11 is 0. The molecule has 0 aliphatic heterocycles. The van der Waals surface area contributed by atoms with Crippen molar-refractivity contribution in [1.29, 1.82) is 0 Å². The lowest BCUT2D eigenvalue weighted by Gasteiger charge is -2.31. The normalized spacial score (nSPS) is 12.6. The zero-order chi connectivity index (χ0) is 78.2. The van der Waals surface area contributed by atoms with E-state index in [1.54, 1.807) is 6.07 Å². The zero-order valence-corrected chi connectivity index (χ0v) is 65.6. The minimum Gasteiger partial charge on any atom is -0.454 e. The third kappa shape index (κ3) is 10.0. The molecule has 1 aliphatic rings. The molecule has 24 rings (SSSR count). The van der Waals surface area contributed by atoms with E-state index in [9.17, 15) is 0 Å². The summed E-state index contributed by atoms with van der Waals surface area (Å²) in [6.07, 6.45) is 0. The number of halogens is 1. The number of aromatic nitrogens is 2. The first-order valence-corrected chi connectivity index (χ1v) is 40.6. The van der Waals surface area contributed by atoms with Crippen LogP contribution in [0, 0.1) is 33.5 Å². The van der Waals surface area contributed by atoms with Gasteiger partial charge in [-0.05, 0) is 240 Å². The summed E-state index contributed by atoms with van der Waals surface area (Å²) in [5.74, 6) is -0.331. The SMILES string of the molecule is Cc1cc(N(c2c(F)cc(-c3ccccc3)cc2-c2ccccc2)c2cccc3c2oc2ccccc23)c2ccc3c(C)c4c(c5ccc1c2c35)c1ccccc1n4-c1ccccc1.Cc1cc(N(c2ccccc2)c2ccc3c(c2)C(C)(C)c2ccccc2-3)c2ccc3c(C)c4c(c5ccc1c2c35)c1ccccc1n4-c1ccccc1. The van der Waals surface area contributed by atoms with Crippen LogP contribution in [0.1, 0.15) is 47.2 Å². The number of hydrogen-bond donors (Lipinski definition) is 0. The van der Waals surface area contributed by atoms with Crippen LogP contribution in [0.4, 0.5) is 38.5 Å². The number of nitrogens with zero attached hydrogens (tertiary/aromatic N) is 4. The molecule has 0 amide bonds. The number of para-hydroxylation sites is 7. The van der Waals surface area contributed by atoms with Gasteiger partial charge in [0.25, 0.3) is 0 Å². The van der Waals surface area contributed by atoms with Gasteiger partial charge in [-0.1, -0.05) is 275 Å². The van der Waals surface area contributed by atoms with E-state index in [1.165, 1.54) is 153 Å². The predicted molar refractivity (Wildman–Crippen MR) is 493 cm³/mol. The van der Waals surface area contributed by atoms with Crippen molar-refractivity contribution in [2.45, 2.75) is 47.0 Å². The van der Waals surface area contributed by atoms with Crippen LogP contribution in [-0.2, 0) is 5.41 Å². The van der Waals surface area contributed by atoms with Crippen molar-refractivity contribution < 1.29 is 8.81 Å². The van der Waals surface area contributed by atoms with E-state index in [4.69, 9.17) is 4.42 Å². The van der Waals surface area contributed by atoms with Crippen LogP contribution >= 0.6 is 0 Å². The Kier molecular flexibility index (Phi) is 15.1. The molecular formula is C111H77FN4O. The second-order valence-electron chi connectivity index (χ2n) is 32.4. The maximum atomic E-state index is 18.0. The van der Waals surface area contributed by atoms with E-state index in [1.807, 2.05) is 66.7 Å². The Balaban J connectivity index is 0.000000140. The Labute approximate surface area is 676 Å². The molecule has 0 fully saturated rings. The van der Waals surface area contributed by atoms with Gasteiger partial charge in [-0.25, -0.2) is 4.39 Å². The zero-order valence-electron chi connectivity index (χ0n) is 65.6. The molecule has 117 heavy (non-hydrogen) atoms. The Morgan fingerprint density at radius 3 is 1.33 bits per heavy atom. The number of hydrogen-bond acceptors (Lipinski definition) is 3. The smallest absolute Gasteiger partial charge is 0.159 e. The predicted octanol–water partition coefficient (Wildman–Crippen LogP) is 31.2. The van der Waals surface area contributed by atoms with Gasteiger partial charge in [-0.2, -0.15) is 0 Å². The van der Waals surface area contributed by atoms with Crippen molar-refractivity contribution in [3.63, 3.8) is 0 Å². The van der Waals surface area contributed by atoms with Crippen molar-refractivity contribution in [2.24, 2.45) is 0 Å². The van der Waals surface area contributed by atoms with Crippen LogP contribution in [0.3, 0.4) is 0 Å². The maximum Gasteiger partial charge on any atom is 0.159 e. The Morgan fingerprint density at radius 1 is 0.291 bits per heavy atom. The minimum atomic E-state index is -0.331. The number of benzene rings is 20. The van der Waals surface area contributed by atoms with Crippen molar-refractivity contribution in [1.82, 2.24) is 9.13 Å². The summed E-state index contributed by atoms with van der Waals surface area (Å²) in [6, 6.07) is 128. The van der Waals surface area contributed by atoms with E-state index < -0.39 is 0 Å². The summed E-state index contributed by atoms with van der Waals surface area (Å²) in [5, 5.41) is 21.9. The summed E-state index contributed by atoms with van der Waals surface area (Å²) < 4.78 is 29.8. The molecule has 0 atom stereocenters. The highest BCUT2D eigenvalue weighted by Crippen LogP contribution is 2.57. The van der Waals surface area contributed by atoms with Crippen LogP contribution in [0.2, 0.25) is 0 Å². The fourth-order valence-electron chi connectivity index (χ4n) is 20.5. The minimum absolute atomic E-state index is 0.0926. The molecule has 3 heterocycles. The highest BCUT2D eigenvalue weighted by atomic mass is 19.1. The lowest BCUT2D eigenvalue weighted by molar-refractivity contribution is 0.629. The number of furan rings is 1. The van der Waals surface area contributed by atoms with E-state index in [0.29, 0.717) is 11.3 Å². The van der Waals surface area contributed by atoms with Gasteiger partial charge in [0.15, 0.2) is 5.58 Å². The third-order valence-electron chi connectivity index (χ3n) is 25.7. The molecule has 0 bridgehead atoms. The van der Waals surface area contributed by atoms with Crippen molar-refractivity contribution >= 4 is 164 Å². The van der Waals surface area contributed by atoms with Gasteiger partial charge in [0, 0.05) is 76.8 Å². The van der Waals surface area contributed by atoms with Gasteiger partial charge >= 0.3 is 0 Å². The summed E-state index contributed by atoms with van der Waals surface area (Å²) in [4.78, 5) is 4.63. The lowest BCUT2D eigenvalue weighted by atomic mass is 9.82. The molecule has 554 valence electrons. The first-order valence-electron chi connectivity index (χ1n) is 40.6. The molecule has 0 saturated carbocycles. The van der Waals surface area contributed by atoms with Crippen molar-refractivity contribution in [3.05, 3.63) is 397 Å². The van der Waals surface area contributed by atoms with E-state index >= 15 is 4.39 Å². The van der Waals surface area contributed by atoms with E-state index in [-0.39, 0.29) is 11.2 Å². The molecule has 20 aromatic carbocycles. The van der Waals surface area contributed by atoms with Crippen LogP contribution in [-0.4, -0.2) is 9.13 Å². The first-order chi connectivity index (χ1) is 57.4. The monoisotopic (exact) mass is 1500 g/mol. The Morgan fingerprint density at radius 2 is 0.744 bits per heavy atom. The molecule has 0 unspecified atom stereocenters. The summed E-state index contributed by atoms with van der Waals surface area (Å²) in [6.45, 7) is 13.8. The van der Waals surface area contributed by atoms with Gasteiger partial charge in [0.1, 0.15) is 11.4 Å². The van der Waals surface area contributed by atoms with Crippen LogP contribution in [0.25, 0.3) is 175 Å². The third-order valence-corrected chi connectivity index (χ3v) is 25.7. The molecule has 0 N–H and O–H groups in total. The van der Waals surface area contributed by atoms with Gasteiger partial charge < -0.3 is 23.4 Å². The molecule has 0 saturated heterocycles. The number of anilines is 6. The molecule has 3 aromatic heterocycles. The Bertz CT molecular complexity index is 8020. The average molecular weight is 1500 g/mol. The van der Waals surface area contributed by atoms with Crippen molar-refractivity contribution in [3.8, 4) is 44.8 Å². The molecular weight excluding hydrogens is 1420 g/mol. The Hall–Kier alpha value is -14.6. The van der Waals surface area contributed by atoms with Gasteiger partial charge in [0.05, 0.1) is 44.8 Å². The van der Waals surface area contributed by atoms with Gasteiger partial charge in [-0.3, -0.25) is 0 Å². The average Bonchev–Trinajstić information content (AvgIpc) is 1.63. The number of rotatable bonds is 10. The van der Waals surface area contributed by atoms with E-state index in [0.717, 1.165) is 77.7 Å². The fourth-order valence-corrected chi connectivity index (χ4v) is 20.5. The topological polar surface area (TPSA) is 29.5 Å². The van der Waals surface area contributed by atoms with Crippen LogP contribution in [0.5, 0.6) is 0 Å². The number of fused-ring (bicyclic) bond motifs is 14. The lowest BCUT2D eigenvalue weighted by Crippen LogP contribution is -2.16. The van der Waals surface area contributed by atoms with Gasteiger partial charge in [0.2, 0.25) is 0 Å². The summed E-state index contributed by atoms with van der Waals surface area (Å²) in [7, 11) is 0. The van der Waals surface area contributed by atoms with Crippen molar-refractivity contribution in [2.75, 3.05) is 9.80 Å². The second kappa shape index (κ2) is 26.0. The molecule has 6 heteroatoms. The molecule has 5 nitrogen and oxygen atoms in total. The largest absolute Gasteiger partial charge is 0.454 e. The molecule has 23 aromatic rings.